The molecule has 0 radical (unpaired) electrons. The fourth-order valence-electron chi connectivity index (χ4n) is 4.77. The fourth-order valence-corrected chi connectivity index (χ4v) is 4.77. The summed E-state index contributed by atoms with van der Waals surface area (Å²) in [5, 5.41) is 2.24. The molecule has 0 unspecified atom stereocenters. The summed E-state index contributed by atoms with van der Waals surface area (Å²) in [7, 11) is 0. The fraction of sp³-hybridized carbons (Fsp3) is 0.645. The summed E-state index contributed by atoms with van der Waals surface area (Å²) < 4.78 is 0. The van der Waals surface area contributed by atoms with Crippen molar-refractivity contribution in [1.82, 2.24) is 4.90 Å². The van der Waals surface area contributed by atoms with E-state index < -0.39 is 0 Å². The first-order chi connectivity index (χ1) is 16.3. The van der Waals surface area contributed by atoms with Gasteiger partial charge in [-0.15, -0.1) is 0 Å². The molecule has 0 fully saturated rings. The van der Waals surface area contributed by atoms with Crippen molar-refractivity contribution in [3.8, 4) is 0 Å². The van der Waals surface area contributed by atoms with Crippen LogP contribution in [0.15, 0.2) is 42.5 Å². The van der Waals surface area contributed by atoms with Crippen LogP contribution >= 0.6 is 0 Å². The van der Waals surface area contributed by atoms with E-state index >= 15 is 0 Å². The van der Waals surface area contributed by atoms with E-state index in [1.54, 1.807) is 0 Å². The standard InChI is InChI=1S/C31H49NO/c1-3-5-7-9-11-13-15-19-26-32(27-20-16-14-12-10-8-6-4-2)31(33)30-25-21-23-28-22-17-18-24-29(28)30/h17-18,21-25H,3-16,19-20,26-27H2,1-2H3. The SMILES string of the molecule is CCCCCCCCCCN(CCCCCCCCCC)C(=O)c1cccc2ccccc12. The van der Waals surface area contributed by atoms with Crippen LogP contribution in [0.5, 0.6) is 0 Å². The summed E-state index contributed by atoms with van der Waals surface area (Å²) >= 11 is 0. The smallest absolute Gasteiger partial charge is 0.254 e. The quantitative estimate of drug-likeness (QED) is 0.195. The lowest BCUT2D eigenvalue weighted by molar-refractivity contribution is 0.0751. The van der Waals surface area contributed by atoms with E-state index in [1.165, 1.54) is 89.9 Å². The molecule has 0 spiro atoms. The zero-order valence-corrected chi connectivity index (χ0v) is 21.6. The monoisotopic (exact) mass is 451 g/mol. The molecule has 0 N–H and O–H groups in total. The Morgan fingerprint density at radius 2 is 1.03 bits per heavy atom. The van der Waals surface area contributed by atoms with Gasteiger partial charge in [0, 0.05) is 18.7 Å². The molecule has 2 nitrogen and oxygen atoms in total. The molecule has 0 saturated carbocycles. The average molecular weight is 452 g/mol. The molecule has 0 heterocycles. The number of hydrogen-bond donors (Lipinski definition) is 0. The van der Waals surface area contributed by atoms with Crippen LogP contribution in [0.2, 0.25) is 0 Å². The van der Waals surface area contributed by atoms with Gasteiger partial charge in [0.05, 0.1) is 0 Å². The molecule has 0 aliphatic carbocycles. The Kier molecular flexibility index (Phi) is 14.6. The van der Waals surface area contributed by atoms with E-state index in [9.17, 15) is 4.79 Å². The predicted octanol–water partition coefficient (Wildman–Crippen LogP) is 9.56. The van der Waals surface area contributed by atoms with Gasteiger partial charge in [-0.25, -0.2) is 0 Å². The van der Waals surface area contributed by atoms with Gasteiger partial charge in [0.25, 0.3) is 5.91 Å². The van der Waals surface area contributed by atoms with Gasteiger partial charge < -0.3 is 4.90 Å². The number of rotatable bonds is 19. The maximum absolute atomic E-state index is 13.6. The number of fused-ring (bicyclic) bond motifs is 1. The van der Waals surface area contributed by atoms with Crippen molar-refractivity contribution in [3.63, 3.8) is 0 Å². The molecule has 2 heteroatoms. The second-order valence-corrected chi connectivity index (χ2v) is 9.77. The Morgan fingerprint density at radius 1 is 0.576 bits per heavy atom. The van der Waals surface area contributed by atoms with Gasteiger partial charge in [0.1, 0.15) is 0 Å². The van der Waals surface area contributed by atoms with Crippen LogP contribution < -0.4 is 0 Å². The summed E-state index contributed by atoms with van der Waals surface area (Å²) in [5.41, 5.74) is 0.868. The van der Waals surface area contributed by atoms with E-state index in [0.29, 0.717) is 0 Å². The normalized spacial score (nSPS) is 11.2. The number of carbonyl (C=O) groups excluding carboxylic acids is 1. The molecular weight excluding hydrogens is 402 g/mol. The van der Waals surface area contributed by atoms with Gasteiger partial charge >= 0.3 is 0 Å². The molecule has 33 heavy (non-hydrogen) atoms. The Balaban J connectivity index is 1.86. The summed E-state index contributed by atoms with van der Waals surface area (Å²) in [4.78, 5) is 15.7. The number of amides is 1. The lowest BCUT2D eigenvalue weighted by atomic mass is 10.0. The minimum Gasteiger partial charge on any atom is -0.339 e. The Hall–Kier alpha value is -1.83. The molecule has 2 aromatic carbocycles. The first kappa shape index (κ1) is 27.4. The van der Waals surface area contributed by atoms with E-state index in [-0.39, 0.29) is 5.91 Å². The molecule has 0 aliphatic rings. The number of nitrogens with zero attached hydrogens (tertiary/aromatic N) is 1. The zero-order chi connectivity index (χ0) is 23.6. The second kappa shape index (κ2) is 17.6. The lowest BCUT2D eigenvalue weighted by Gasteiger charge is -2.24. The highest BCUT2D eigenvalue weighted by Crippen LogP contribution is 2.21. The molecule has 184 valence electrons. The van der Waals surface area contributed by atoms with Crippen molar-refractivity contribution >= 4 is 16.7 Å². The molecule has 0 saturated heterocycles. The number of hydrogen-bond acceptors (Lipinski definition) is 1. The van der Waals surface area contributed by atoms with Crippen LogP contribution in [0.4, 0.5) is 0 Å². The molecule has 0 aromatic heterocycles. The van der Waals surface area contributed by atoms with Crippen molar-refractivity contribution in [1.29, 1.82) is 0 Å². The Morgan fingerprint density at radius 3 is 1.58 bits per heavy atom. The van der Waals surface area contributed by atoms with Crippen molar-refractivity contribution in [3.05, 3.63) is 48.0 Å². The molecule has 0 bridgehead atoms. The van der Waals surface area contributed by atoms with Gasteiger partial charge in [-0.05, 0) is 29.7 Å². The van der Waals surface area contributed by atoms with E-state index in [2.05, 4.69) is 43.0 Å². The van der Waals surface area contributed by atoms with E-state index in [1.807, 2.05) is 18.2 Å². The Bertz CT molecular complexity index is 743. The first-order valence-electron chi connectivity index (χ1n) is 14.0. The highest BCUT2D eigenvalue weighted by Gasteiger charge is 2.17. The summed E-state index contributed by atoms with van der Waals surface area (Å²) in [6.45, 7) is 6.34. The molecule has 0 aliphatic heterocycles. The van der Waals surface area contributed by atoms with Crippen LogP contribution in [0.1, 0.15) is 127 Å². The number of carbonyl (C=O) groups is 1. The van der Waals surface area contributed by atoms with Crippen LogP contribution in [0.3, 0.4) is 0 Å². The molecule has 1 amide bonds. The van der Waals surface area contributed by atoms with Gasteiger partial charge in [0.2, 0.25) is 0 Å². The third-order valence-corrected chi connectivity index (χ3v) is 6.87. The highest BCUT2D eigenvalue weighted by atomic mass is 16.2. The van der Waals surface area contributed by atoms with Gasteiger partial charge in [-0.3, -0.25) is 4.79 Å². The first-order valence-corrected chi connectivity index (χ1v) is 14.0. The minimum atomic E-state index is 0.220. The van der Waals surface area contributed by atoms with Crippen LogP contribution in [-0.2, 0) is 0 Å². The molecule has 0 atom stereocenters. The third-order valence-electron chi connectivity index (χ3n) is 6.87. The predicted molar refractivity (Wildman–Crippen MR) is 145 cm³/mol. The highest BCUT2D eigenvalue weighted by molar-refractivity contribution is 6.07. The number of unbranched alkanes of at least 4 members (excludes halogenated alkanes) is 14. The molecular formula is C31H49NO. The van der Waals surface area contributed by atoms with Crippen LogP contribution in [0, 0.1) is 0 Å². The van der Waals surface area contributed by atoms with Crippen LogP contribution in [0.25, 0.3) is 10.8 Å². The summed E-state index contributed by atoms with van der Waals surface area (Å²) in [5.74, 6) is 0.220. The van der Waals surface area contributed by atoms with Crippen molar-refractivity contribution < 1.29 is 4.79 Å². The average Bonchev–Trinajstić information content (AvgIpc) is 2.85. The van der Waals surface area contributed by atoms with E-state index in [4.69, 9.17) is 0 Å². The third kappa shape index (κ3) is 10.8. The van der Waals surface area contributed by atoms with Crippen molar-refractivity contribution in [2.75, 3.05) is 13.1 Å². The Labute approximate surface area is 204 Å². The minimum absolute atomic E-state index is 0.220. The largest absolute Gasteiger partial charge is 0.339 e. The van der Waals surface area contributed by atoms with Gasteiger partial charge in [-0.2, -0.15) is 0 Å². The lowest BCUT2D eigenvalue weighted by Crippen LogP contribution is -2.33. The second-order valence-electron chi connectivity index (χ2n) is 9.77. The summed E-state index contributed by atoms with van der Waals surface area (Å²) in [6.07, 6.45) is 20.9. The van der Waals surface area contributed by atoms with E-state index in [0.717, 1.165) is 42.3 Å². The zero-order valence-electron chi connectivity index (χ0n) is 21.6. The maximum Gasteiger partial charge on any atom is 0.254 e. The number of benzene rings is 2. The topological polar surface area (TPSA) is 20.3 Å². The van der Waals surface area contributed by atoms with Crippen molar-refractivity contribution in [2.24, 2.45) is 0 Å². The van der Waals surface area contributed by atoms with Gasteiger partial charge in [-0.1, -0.05) is 140 Å². The van der Waals surface area contributed by atoms with Gasteiger partial charge in [0.15, 0.2) is 0 Å². The summed E-state index contributed by atoms with van der Waals surface area (Å²) in [6, 6.07) is 14.4. The van der Waals surface area contributed by atoms with Crippen LogP contribution in [-0.4, -0.2) is 23.9 Å². The maximum atomic E-state index is 13.6. The molecule has 2 rings (SSSR count). The van der Waals surface area contributed by atoms with Crippen molar-refractivity contribution in [2.45, 2.75) is 117 Å². The molecule has 2 aromatic rings.